The van der Waals surface area contributed by atoms with Gasteiger partial charge in [0.2, 0.25) is 0 Å². The summed E-state index contributed by atoms with van der Waals surface area (Å²) in [5.74, 6) is 2.09. The second kappa shape index (κ2) is 10.1. The molecule has 0 amide bonds. The van der Waals surface area contributed by atoms with Gasteiger partial charge < -0.3 is 4.74 Å². The van der Waals surface area contributed by atoms with Gasteiger partial charge in [0.25, 0.3) is 0 Å². The zero-order valence-electron chi connectivity index (χ0n) is 18.8. The predicted molar refractivity (Wildman–Crippen MR) is 125 cm³/mol. The Morgan fingerprint density at radius 3 is 2.65 bits per heavy atom. The minimum absolute atomic E-state index is 0.149. The van der Waals surface area contributed by atoms with Crippen LogP contribution in [0.15, 0.2) is 36.9 Å². The van der Waals surface area contributed by atoms with Crippen LogP contribution in [0.5, 0.6) is 5.75 Å². The van der Waals surface area contributed by atoms with Gasteiger partial charge in [0.15, 0.2) is 11.6 Å². The first-order chi connectivity index (χ1) is 15.1. The molecule has 3 heteroatoms. The predicted octanol–water partition coefficient (Wildman–Crippen LogP) is 8.56. The van der Waals surface area contributed by atoms with E-state index in [1.165, 1.54) is 57.4 Å². The minimum atomic E-state index is -0.491. The van der Waals surface area contributed by atoms with Gasteiger partial charge in [-0.3, -0.25) is 0 Å². The number of hydrogen-bond donors (Lipinski definition) is 0. The van der Waals surface area contributed by atoms with Crippen molar-refractivity contribution in [1.29, 1.82) is 0 Å². The van der Waals surface area contributed by atoms with Gasteiger partial charge in [0, 0.05) is 5.39 Å². The van der Waals surface area contributed by atoms with E-state index in [0.717, 1.165) is 41.5 Å². The molecular formula is C28H36F2O. The zero-order valence-corrected chi connectivity index (χ0v) is 18.8. The molecule has 0 saturated heterocycles. The average Bonchev–Trinajstić information content (AvgIpc) is 2.78. The second-order valence-electron chi connectivity index (χ2n) is 9.78. The van der Waals surface area contributed by atoms with Crippen molar-refractivity contribution in [3.8, 4) is 5.75 Å². The van der Waals surface area contributed by atoms with Crippen LogP contribution in [0, 0.1) is 29.4 Å². The van der Waals surface area contributed by atoms with Crippen LogP contribution in [0.3, 0.4) is 0 Å². The highest BCUT2D eigenvalue weighted by molar-refractivity contribution is 5.85. The molecule has 2 saturated carbocycles. The van der Waals surface area contributed by atoms with Crippen molar-refractivity contribution in [2.24, 2.45) is 17.8 Å². The first-order valence-corrected chi connectivity index (χ1v) is 12.3. The molecule has 2 aliphatic rings. The molecule has 2 aromatic rings. The third-order valence-electron chi connectivity index (χ3n) is 7.77. The maximum absolute atomic E-state index is 15.1. The fraction of sp³-hybridized carbons (Fsp3) is 0.571. The molecule has 0 aliphatic heterocycles. The van der Waals surface area contributed by atoms with E-state index >= 15 is 4.39 Å². The van der Waals surface area contributed by atoms with Gasteiger partial charge in [-0.25, -0.2) is 8.78 Å². The Kier molecular flexibility index (Phi) is 7.30. The number of halogens is 2. The summed E-state index contributed by atoms with van der Waals surface area (Å²) in [6.45, 7) is 6.09. The van der Waals surface area contributed by atoms with Crippen molar-refractivity contribution in [3.05, 3.63) is 54.1 Å². The number of unbranched alkanes of at least 4 members (excludes halogenated alkanes) is 2. The molecule has 0 heterocycles. The fourth-order valence-corrected chi connectivity index (χ4v) is 6.09. The number of ether oxygens (including phenoxy) is 1. The monoisotopic (exact) mass is 426 g/mol. The summed E-state index contributed by atoms with van der Waals surface area (Å²) in [5, 5.41) is 1.05. The Labute approximate surface area is 185 Å². The lowest BCUT2D eigenvalue weighted by Crippen LogP contribution is -2.30. The van der Waals surface area contributed by atoms with Crippen LogP contribution in [-0.4, -0.2) is 6.61 Å². The Hall–Kier alpha value is -1.90. The van der Waals surface area contributed by atoms with E-state index in [1.807, 2.05) is 12.1 Å². The van der Waals surface area contributed by atoms with E-state index in [1.54, 1.807) is 12.1 Å². The topological polar surface area (TPSA) is 9.23 Å². The van der Waals surface area contributed by atoms with Gasteiger partial charge in [-0.15, -0.1) is 0 Å². The van der Waals surface area contributed by atoms with Crippen LogP contribution in [0.4, 0.5) is 8.78 Å². The molecule has 2 aromatic carbocycles. The number of rotatable bonds is 8. The third kappa shape index (κ3) is 4.96. The van der Waals surface area contributed by atoms with E-state index in [-0.39, 0.29) is 24.1 Å². The van der Waals surface area contributed by atoms with Gasteiger partial charge in [-0.2, -0.15) is 0 Å². The first-order valence-electron chi connectivity index (χ1n) is 12.3. The van der Waals surface area contributed by atoms with Crippen LogP contribution in [-0.2, 0) is 0 Å². The van der Waals surface area contributed by atoms with E-state index < -0.39 is 5.82 Å². The maximum atomic E-state index is 15.1. The number of fused-ring (bicyclic) bond motifs is 2. The highest BCUT2D eigenvalue weighted by atomic mass is 19.1. The Bertz CT molecular complexity index is 906. The molecule has 0 spiro atoms. The van der Waals surface area contributed by atoms with E-state index in [9.17, 15) is 4.39 Å². The summed E-state index contributed by atoms with van der Waals surface area (Å²) in [6, 6.07) is 6.73. The molecule has 4 atom stereocenters. The van der Waals surface area contributed by atoms with Crippen molar-refractivity contribution in [2.45, 2.75) is 77.0 Å². The molecule has 31 heavy (non-hydrogen) atoms. The standard InChI is InChI=1S/C28H36F2O/c1-3-5-6-7-19-8-9-21-16-22(11-10-20(21)15-19)24-17-23-12-13-27(31-14-4-2)28(30)25(23)18-26(24)29/h4,12-13,17-22H,2-3,5-11,14-16H2,1H3/t19?,20-,21?,22-/m1/s1. The molecule has 2 fully saturated rings. The maximum Gasteiger partial charge on any atom is 0.172 e. The van der Waals surface area contributed by atoms with Gasteiger partial charge in [0.05, 0.1) is 0 Å². The van der Waals surface area contributed by atoms with Crippen LogP contribution < -0.4 is 4.74 Å². The van der Waals surface area contributed by atoms with E-state index in [0.29, 0.717) is 5.39 Å². The Morgan fingerprint density at radius 1 is 1.03 bits per heavy atom. The minimum Gasteiger partial charge on any atom is -0.486 e. The normalized spacial score (nSPS) is 25.9. The zero-order chi connectivity index (χ0) is 21.8. The van der Waals surface area contributed by atoms with Crippen LogP contribution in [0.25, 0.3) is 10.8 Å². The van der Waals surface area contributed by atoms with Gasteiger partial charge in [-0.05, 0) is 84.9 Å². The lowest BCUT2D eigenvalue weighted by molar-refractivity contribution is 0.112. The average molecular weight is 427 g/mol. The summed E-state index contributed by atoms with van der Waals surface area (Å²) < 4.78 is 35.3. The first kappa shape index (κ1) is 22.3. The molecule has 2 unspecified atom stereocenters. The molecule has 0 bridgehead atoms. The summed E-state index contributed by atoms with van der Waals surface area (Å²) >= 11 is 0. The number of benzene rings is 2. The summed E-state index contributed by atoms with van der Waals surface area (Å²) in [7, 11) is 0. The van der Waals surface area contributed by atoms with E-state index in [2.05, 4.69) is 13.5 Å². The fourth-order valence-electron chi connectivity index (χ4n) is 6.09. The lowest BCUT2D eigenvalue weighted by Gasteiger charge is -2.42. The Balaban J connectivity index is 1.46. The summed E-state index contributed by atoms with van der Waals surface area (Å²) in [5.41, 5.74) is 0.773. The molecule has 2 aliphatic carbocycles. The lowest BCUT2D eigenvalue weighted by atomic mass is 9.63. The van der Waals surface area contributed by atoms with E-state index in [4.69, 9.17) is 4.74 Å². The van der Waals surface area contributed by atoms with Crippen molar-refractivity contribution in [1.82, 2.24) is 0 Å². The molecule has 0 radical (unpaired) electrons. The SMILES string of the molecule is C=CCOc1ccc2cc([C@@H]3CC[C@@H]4CC(CCCCC)CCC4C3)c(F)cc2c1F. The highest BCUT2D eigenvalue weighted by Gasteiger charge is 2.36. The van der Waals surface area contributed by atoms with Crippen LogP contribution >= 0.6 is 0 Å². The Morgan fingerprint density at radius 2 is 1.84 bits per heavy atom. The van der Waals surface area contributed by atoms with Crippen LogP contribution in [0.2, 0.25) is 0 Å². The molecular weight excluding hydrogens is 390 g/mol. The molecule has 0 N–H and O–H groups in total. The van der Waals surface area contributed by atoms with Crippen molar-refractivity contribution < 1.29 is 13.5 Å². The highest BCUT2D eigenvalue weighted by Crippen LogP contribution is 2.49. The third-order valence-corrected chi connectivity index (χ3v) is 7.77. The largest absolute Gasteiger partial charge is 0.486 e. The quantitative estimate of drug-likeness (QED) is 0.303. The summed E-state index contributed by atoms with van der Waals surface area (Å²) in [6.07, 6.45) is 14.3. The van der Waals surface area contributed by atoms with Crippen molar-refractivity contribution in [3.63, 3.8) is 0 Å². The van der Waals surface area contributed by atoms with Crippen molar-refractivity contribution >= 4 is 10.8 Å². The van der Waals surface area contributed by atoms with Gasteiger partial charge >= 0.3 is 0 Å². The second-order valence-corrected chi connectivity index (χ2v) is 9.78. The van der Waals surface area contributed by atoms with Crippen molar-refractivity contribution in [2.75, 3.05) is 6.61 Å². The molecule has 1 nitrogen and oxygen atoms in total. The summed E-state index contributed by atoms with van der Waals surface area (Å²) in [4.78, 5) is 0. The smallest absolute Gasteiger partial charge is 0.172 e. The molecule has 168 valence electrons. The number of hydrogen-bond acceptors (Lipinski definition) is 1. The van der Waals surface area contributed by atoms with Crippen LogP contribution in [0.1, 0.15) is 82.6 Å². The van der Waals surface area contributed by atoms with Gasteiger partial charge in [0.1, 0.15) is 12.4 Å². The molecule has 0 aromatic heterocycles. The van der Waals surface area contributed by atoms with Gasteiger partial charge in [-0.1, -0.05) is 57.7 Å². The molecule has 4 rings (SSSR count).